The number of rotatable bonds is 2. The Labute approximate surface area is 135 Å². The molecule has 3 aromatic carbocycles. The maximum absolute atomic E-state index is 6.29. The standard InChI is InChI=1S/C18H15N3.ClH/c19-18-15-8-4-5-12-9-10-13(17(12)15)11-16(18)21-20-14-6-2-1-3-7-14;/h1-8,11H,9-10,19H2;1H. The maximum atomic E-state index is 6.29. The summed E-state index contributed by atoms with van der Waals surface area (Å²) in [5.74, 6) is 0. The monoisotopic (exact) mass is 309 g/mol. The fourth-order valence-corrected chi connectivity index (χ4v) is 3.02. The first-order valence-electron chi connectivity index (χ1n) is 7.13. The number of aryl methyl sites for hydroxylation is 2. The van der Waals surface area contributed by atoms with E-state index in [2.05, 4.69) is 34.5 Å². The van der Waals surface area contributed by atoms with Crippen molar-refractivity contribution in [2.75, 3.05) is 5.73 Å². The number of nitrogen functional groups attached to an aromatic ring is 1. The summed E-state index contributed by atoms with van der Waals surface area (Å²) in [6.07, 6.45) is 2.15. The zero-order valence-electron chi connectivity index (χ0n) is 12.0. The van der Waals surface area contributed by atoms with Gasteiger partial charge in [-0.2, -0.15) is 5.11 Å². The van der Waals surface area contributed by atoms with Gasteiger partial charge in [-0.3, -0.25) is 0 Å². The van der Waals surface area contributed by atoms with Crippen LogP contribution in [-0.4, -0.2) is 0 Å². The summed E-state index contributed by atoms with van der Waals surface area (Å²) in [5.41, 5.74) is 11.3. The van der Waals surface area contributed by atoms with Crippen molar-refractivity contribution in [2.45, 2.75) is 12.8 Å². The van der Waals surface area contributed by atoms with Crippen LogP contribution >= 0.6 is 12.4 Å². The molecular formula is C18H16ClN3. The average molecular weight is 310 g/mol. The maximum Gasteiger partial charge on any atom is 0.109 e. The van der Waals surface area contributed by atoms with Crippen LogP contribution in [0.4, 0.5) is 17.1 Å². The van der Waals surface area contributed by atoms with Crippen LogP contribution in [0.1, 0.15) is 11.1 Å². The van der Waals surface area contributed by atoms with Gasteiger partial charge in [0, 0.05) is 5.39 Å². The molecule has 0 aliphatic heterocycles. The molecule has 0 atom stereocenters. The lowest BCUT2D eigenvalue weighted by Gasteiger charge is -2.07. The number of nitrogens with two attached hydrogens (primary N) is 1. The van der Waals surface area contributed by atoms with Gasteiger partial charge in [0.1, 0.15) is 5.69 Å². The fourth-order valence-electron chi connectivity index (χ4n) is 3.02. The molecule has 3 aromatic rings. The van der Waals surface area contributed by atoms with Crippen molar-refractivity contribution in [3.63, 3.8) is 0 Å². The van der Waals surface area contributed by atoms with Gasteiger partial charge in [0.15, 0.2) is 0 Å². The van der Waals surface area contributed by atoms with Gasteiger partial charge in [-0.05, 0) is 47.6 Å². The van der Waals surface area contributed by atoms with Crippen molar-refractivity contribution in [1.82, 2.24) is 0 Å². The van der Waals surface area contributed by atoms with E-state index in [1.807, 2.05) is 30.3 Å². The van der Waals surface area contributed by atoms with Crippen molar-refractivity contribution >= 4 is 40.2 Å². The molecule has 0 heterocycles. The third-order valence-corrected chi connectivity index (χ3v) is 4.04. The molecule has 22 heavy (non-hydrogen) atoms. The Balaban J connectivity index is 0.00000144. The Hall–Kier alpha value is -2.39. The average Bonchev–Trinajstić information content (AvgIpc) is 2.94. The van der Waals surface area contributed by atoms with E-state index in [-0.39, 0.29) is 12.4 Å². The van der Waals surface area contributed by atoms with Gasteiger partial charge in [0.05, 0.1) is 11.4 Å². The Morgan fingerprint density at radius 3 is 2.41 bits per heavy atom. The minimum Gasteiger partial charge on any atom is -0.396 e. The van der Waals surface area contributed by atoms with Crippen LogP contribution < -0.4 is 5.73 Å². The lowest BCUT2D eigenvalue weighted by Crippen LogP contribution is -1.90. The SMILES string of the molecule is Cl.Nc1c(N=Nc2ccccc2)cc2c3c(cccc13)CC2. The molecule has 0 radical (unpaired) electrons. The van der Waals surface area contributed by atoms with Gasteiger partial charge in [-0.1, -0.05) is 36.4 Å². The van der Waals surface area contributed by atoms with Crippen LogP contribution in [0.5, 0.6) is 0 Å². The molecule has 3 nitrogen and oxygen atoms in total. The Kier molecular flexibility index (Phi) is 3.82. The molecule has 0 unspecified atom stereocenters. The first-order chi connectivity index (χ1) is 10.3. The second-order valence-electron chi connectivity index (χ2n) is 5.34. The minimum atomic E-state index is 0. The molecule has 0 saturated heterocycles. The summed E-state index contributed by atoms with van der Waals surface area (Å²) in [5, 5.41) is 11.1. The summed E-state index contributed by atoms with van der Waals surface area (Å²) in [6, 6.07) is 18.1. The van der Waals surface area contributed by atoms with Crippen LogP contribution in [-0.2, 0) is 12.8 Å². The lowest BCUT2D eigenvalue weighted by atomic mass is 10.0. The third kappa shape index (κ3) is 2.34. The van der Waals surface area contributed by atoms with Crippen molar-refractivity contribution < 1.29 is 0 Å². The van der Waals surface area contributed by atoms with Gasteiger partial charge in [-0.25, -0.2) is 0 Å². The highest BCUT2D eigenvalue weighted by molar-refractivity contribution is 6.03. The number of benzene rings is 3. The summed E-state index contributed by atoms with van der Waals surface area (Å²) < 4.78 is 0. The molecule has 0 amide bonds. The first-order valence-corrected chi connectivity index (χ1v) is 7.13. The Morgan fingerprint density at radius 2 is 1.59 bits per heavy atom. The molecule has 0 bridgehead atoms. The predicted octanol–water partition coefficient (Wildman–Crippen LogP) is 5.36. The number of nitrogens with zero attached hydrogens (tertiary/aromatic N) is 2. The van der Waals surface area contributed by atoms with E-state index in [4.69, 9.17) is 5.73 Å². The van der Waals surface area contributed by atoms with Gasteiger partial charge in [0.25, 0.3) is 0 Å². The van der Waals surface area contributed by atoms with E-state index < -0.39 is 0 Å². The van der Waals surface area contributed by atoms with Crippen molar-refractivity contribution in [3.8, 4) is 0 Å². The largest absolute Gasteiger partial charge is 0.396 e. The highest BCUT2D eigenvalue weighted by atomic mass is 35.5. The minimum absolute atomic E-state index is 0. The van der Waals surface area contributed by atoms with E-state index in [0.717, 1.165) is 35.3 Å². The molecule has 1 aliphatic carbocycles. The zero-order chi connectivity index (χ0) is 14.2. The van der Waals surface area contributed by atoms with Gasteiger partial charge < -0.3 is 5.73 Å². The molecule has 4 rings (SSSR count). The number of hydrogen-bond acceptors (Lipinski definition) is 3. The summed E-state index contributed by atoms with van der Waals surface area (Å²) in [7, 11) is 0. The quantitative estimate of drug-likeness (QED) is 0.503. The Bertz CT molecular complexity index is 857. The normalized spacial score (nSPS) is 12.7. The molecule has 1 aliphatic rings. The van der Waals surface area contributed by atoms with Gasteiger partial charge >= 0.3 is 0 Å². The first kappa shape index (κ1) is 14.5. The molecule has 110 valence electrons. The van der Waals surface area contributed by atoms with E-state index in [9.17, 15) is 0 Å². The predicted molar refractivity (Wildman–Crippen MR) is 93.6 cm³/mol. The van der Waals surface area contributed by atoms with Crippen LogP contribution in [0.15, 0.2) is 64.8 Å². The van der Waals surface area contributed by atoms with Crippen LogP contribution in [0, 0.1) is 0 Å². The van der Waals surface area contributed by atoms with E-state index in [1.165, 1.54) is 16.5 Å². The second-order valence-corrected chi connectivity index (χ2v) is 5.34. The topological polar surface area (TPSA) is 50.7 Å². The van der Waals surface area contributed by atoms with Crippen LogP contribution in [0.25, 0.3) is 10.8 Å². The summed E-state index contributed by atoms with van der Waals surface area (Å²) in [6.45, 7) is 0. The van der Waals surface area contributed by atoms with Crippen molar-refractivity contribution in [2.24, 2.45) is 10.2 Å². The Morgan fingerprint density at radius 1 is 0.818 bits per heavy atom. The second kappa shape index (κ2) is 5.78. The molecule has 0 spiro atoms. The van der Waals surface area contributed by atoms with Crippen LogP contribution in [0.3, 0.4) is 0 Å². The molecule has 2 N–H and O–H groups in total. The molecular weight excluding hydrogens is 294 g/mol. The molecule has 0 aromatic heterocycles. The van der Waals surface area contributed by atoms with Gasteiger partial charge in [-0.15, -0.1) is 17.5 Å². The van der Waals surface area contributed by atoms with E-state index in [0.29, 0.717) is 0 Å². The fraction of sp³-hybridized carbons (Fsp3) is 0.111. The van der Waals surface area contributed by atoms with Crippen molar-refractivity contribution in [3.05, 3.63) is 65.7 Å². The van der Waals surface area contributed by atoms with E-state index in [1.54, 1.807) is 0 Å². The zero-order valence-corrected chi connectivity index (χ0v) is 12.8. The van der Waals surface area contributed by atoms with E-state index >= 15 is 0 Å². The highest BCUT2D eigenvalue weighted by Gasteiger charge is 2.17. The number of halogens is 1. The lowest BCUT2D eigenvalue weighted by molar-refractivity contribution is 1.02. The molecule has 0 fully saturated rings. The van der Waals surface area contributed by atoms with Crippen molar-refractivity contribution in [1.29, 1.82) is 0 Å². The highest BCUT2D eigenvalue weighted by Crippen LogP contribution is 2.39. The number of azo groups is 1. The van der Waals surface area contributed by atoms with Crippen LogP contribution in [0.2, 0.25) is 0 Å². The summed E-state index contributed by atoms with van der Waals surface area (Å²) in [4.78, 5) is 0. The molecule has 0 saturated carbocycles. The smallest absolute Gasteiger partial charge is 0.109 e. The third-order valence-electron chi connectivity index (χ3n) is 4.04. The summed E-state index contributed by atoms with van der Waals surface area (Å²) >= 11 is 0. The van der Waals surface area contributed by atoms with Gasteiger partial charge in [0.2, 0.25) is 0 Å². The number of hydrogen-bond donors (Lipinski definition) is 1. The number of anilines is 1. The molecule has 4 heteroatoms.